The van der Waals surface area contributed by atoms with E-state index in [2.05, 4.69) is 9.97 Å². The minimum absolute atomic E-state index is 0.521. The van der Waals surface area contributed by atoms with E-state index in [0.29, 0.717) is 0 Å². The van der Waals surface area contributed by atoms with Gasteiger partial charge in [0.2, 0.25) is 0 Å². The fourth-order valence-corrected chi connectivity index (χ4v) is 2.86. The molecule has 0 bridgehead atoms. The van der Waals surface area contributed by atoms with E-state index in [4.69, 9.17) is 0 Å². The summed E-state index contributed by atoms with van der Waals surface area (Å²) in [6.45, 7) is 5.77. The van der Waals surface area contributed by atoms with Gasteiger partial charge in [0.25, 0.3) is 0 Å². The lowest BCUT2D eigenvalue weighted by atomic mass is 10.2. The first kappa shape index (κ1) is 13.1. The molecule has 2 aromatic heterocycles. The Balaban J connectivity index is 2.34. The van der Waals surface area contributed by atoms with Crippen molar-refractivity contribution in [3.63, 3.8) is 0 Å². The molecule has 0 radical (unpaired) electrons. The minimum Gasteiger partial charge on any atom is -0.389 e. The lowest BCUT2D eigenvalue weighted by molar-refractivity contribution is 0.195. The number of pyridine rings is 2. The molecule has 0 aromatic carbocycles. The third-order valence-electron chi connectivity index (χ3n) is 2.53. The van der Waals surface area contributed by atoms with Gasteiger partial charge in [-0.05, 0) is 56.3 Å². The number of hydrogen-bond acceptors (Lipinski definition) is 4. The van der Waals surface area contributed by atoms with E-state index in [1.807, 2.05) is 38.1 Å². The summed E-state index contributed by atoms with van der Waals surface area (Å²) >= 11 is 1.49. The number of aryl methyl sites for hydroxylation is 2. The second-order valence-corrected chi connectivity index (χ2v) is 5.31. The van der Waals surface area contributed by atoms with Crippen LogP contribution in [0, 0.1) is 13.8 Å². The van der Waals surface area contributed by atoms with Crippen molar-refractivity contribution < 1.29 is 5.11 Å². The van der Waals surface area contributed by atoms with Crippen LogP contribution in [0.2, 0.25) is 0 Å². The first-order valence-corrected chi connectivity index (χ1v) is 6.64. The number of aliphatic hydroxyl groups excluding tert-OH is 1. The molecule has 0 saturated carbocycles. The Labute approximate surface area is 111 Å². The highest BCUT2D eigenvalue weighted by Crippen LogP contribution is 2.30. The quantitative estimate of drug-likeness (QED) is 0.919. The summed E-state index contributed by atoms with van der Waals surface area (Å²) in [5, 5.41) is 11.4. The van der Waals surface area contributed by atoms with Crippen LogP contribution in [0.3, 0.4) is 0 Å². The average molecular weight is 260 g/mol. The van der Waals surface area contributed by atoms with Crippen molar-refractivity contribution >= 4 is 11.8 Å². The molecular formula is C14H16N2OS. The molecule has 4 heteroatoms. The molecular weight excluding hydrogens is 244 g/mol. The first-order chi connectivity index (χ1) is 8.56. The molecule has 2 aromatic rings. The minimum atomic E-state index is -0.521. The molecule has 0 spiro atoms. The van der Waals surface area contributed by atoms with Crippen molar-refractivity contribution in [1.82, 2.24) is 9.97 Å². The number of nitrogens with zero attached hydrogens (tertiary/aromatic N) is 2. The van der Waals surface area contributed by atoms with Gasteiger partial charge in [0.05, 0.1) is 6.10 Å². The van der Waals surface area contributed by atoms with Crippen LogP contribution in [0.25, 0.3) is 0 Å². The van der Waals surface area contributed by atoms with Crippen LogP contribution in [0.5, 0.6) is 0 Å². The lowest BCUT2D eigenvalue weighted by Crippen LogP contribution is -1.96. The van der Waals surface area contributed by atoms with Gasteiger partial charge >= 0.3 is 0 Å². The Hall–Kier alpha value is -1.39. The van der Waals surface area contributed by atoms with Crippen LogP contribution in [0.15, 0.2) is 40.5 Å². The Morgan fingerprint density at radius 2 is 2.06 bits per heavy atom. The topological polar surface area (TPSA) is 46.0 Å². The monoisotopic (exact) mass is 260 g/mol. The van der Waals surface area contributed by atoms with Gasteiger partial charge in [-0.15, -0.1) is 0 Å². The number of aromatic nitrogens is 2. The molecule has 0 aliphatic rings. The second kappa shape index (κ2) is 5.50. The van der Waals surface area contributed by atoms with E-state index in [1.165, 1.54) is 17.3 Å². The van der Waals surface area contributed by atoms with Gasteiger partial charge in [-0.2, -0.15) is 0 Å². The molecule has 1 atom stereocenters. The molecule has 0 unspecified atom stereocenters. The molecule has 18 heavy (non-hydrogen) atoms. The molecule has 1 N–H and O–H groups in total. The lowest BCUT2D eigenvalue weighted by Gasteiger charge is -2.10. The van der Waals surface area contributed by atoms with E-state index in [1.54, 1.807) is 13.1 Å². The summed E-state index contributed by atoms with van der Waals surface area (Å²) in [5.74, 6) is 0. The summed E-state index contributed by atoms with van der Waals surface area (Å²) in [7, 11) is 0. The maximum Gasteiger partial charge on any atom is 0.108 e. The SMILES string of the molecule is Cc1cc(C)nc(Sc2ncccc2[C@H](C)O)c1. The van der Waals surface area contributed by atoms with Crippen molar-refractivity contribution in [1.29, 1.82) is 0 Å². The zero-order valence-electron chi connectivity index (χ0n) is 10.7. The summed E-state index contributed by atoms with van der Waals surface area (Å²) in [6.07, 6.45) is 1.21. The van der Waals surface area contributed by atoms with Crippen molar-refractivity contribution in [3.8, 4) is 0 Å². The number of rotatable bonds is 3. The highest BCUT2D eigenvalue weighted by atomic mass is 32.2. The molecule has 3 nitrogen and oxygen atoms in total. The predicted octanol–water partition coefficient (Wildman–Crippen LogP) is 3.30. The predicted molar refractivity (Wildman–Crippen MR) is 72.7 cm³/mol. The van der Waals surface area contributed by atoms with Gasteiger partial charge in [0, 0.05) is 17.5 Å². The van der Waals surface area contributed by atoms with Crippen LogP contribution < -0.4 is 0 Å². The summed E-state index contributed by atoms with van der Waals surface area (Å²) in [6, 6.07) is 7.79. The van der Waals surface area contributed by atoms with Gasteiger partial charge in [-0.25, -0.2) is 9.97 Å². The zero-order chi connectivity index (χ0) is 13.1. The third kappa shape index (κ3) is 3.09. The van der Waals surface area contributed by atoms with Crippen molar-refractivity contribution in [3.05, 3.63) is 47.3 Å². The van der Waals surface area contributed by atoms with Crippen LogP contribution in [-0.4, -0.2) is 15.1 Å². The van der Waals surface area contributed by atoms with E-state index in [0.717, 1.165) is 21.3 Å². The van der Waals surface area contributed by atoms with E-state index >= 15 is 0 Å². The van der Waals surface area contributed by atoms with E-state index in [-0.39, 0.29) is 0 Å². The Morgan fingerprint density at radius 1 is 1.28 bits per heavy atom. The smallest absolute Gasteiger partial charge is 0.108 e. The van der Waals surface area contributed by atoms with Gasteiger partial charge in [-0.3, -0.25) is 0 Å². The summed E-state index contributed by atoms with van der Waals surface area (Å²) < 4.78 is 0. The molecule has 0 aliphatic heterocycles. The highest BCUT2D eigenvalue weighted by Gasteiger charge is 2.11. The fourth-order valence-electron chi connectivity index (χ4n) is 1.76. The summed E-state index contributed by atoms with van der Waals surface area (Å²) in [4.78, 5) is 8.79. The molecule has 0 saturated heterocycles. The number of hydrogen-bond donors (Lipinski definition) is 1. The van der Waals surface area contributed by atoms with Crippen LogP contribution in [0.4, 0.5) is 0 Å². The van der Waals surface area contributed by atoms with E-state index in [9.17, 15) is 5.11 Å². The summed E-state index contributed by atoms with van der Waals surface area (Å²) in [5.41, 5.74) is 3.01. The molecule has 2 rings (SSSR count). The largest absolute Gasteiger partial charge is 0.389 e. The van der Waals surface area contributed by atoms with Crippen LogP contribution >= 0.6 is 11.8 Å². The maximum atomic E-state index is 9.72. The Bertz CT molecular complexity index is 535. The maximum absolute atomic E-state index is 9.72. The van der Waals surface area contributed by atoms with Gasteiger partial charge in [0.1, 0.15) is 10.1 Å². The molecule has 0 amide bonds. The van der Waals surface area contributed by atoms with Gasteiger partial charge in [0.15, 0.2) is 0 Å². The van der Waals surface area contributed by atoms with Gasteiger partial charge < -0.3 is 5.11 Å². The first-order valence-electron chi connectivity index (χ1n) is 5.82. The Morgan fingerprint density at radius 3 is 2.72 bits per heavy atom. The molecule has 0 fully saturated rings. The van der Waals surface area contributed by atoms with Crippen LogP contribution in [0.1, 0.15) is 29.8 Å². The van der Waals surface area contributed by atoms with Crippen LogP contribution in [-0.2, 0) is 0 Å². The second-order valence-electron chi connectivity index (χ2n) is 4.30. The third-order valence-corrected chi connectivity index (χ3v) is 3.48. The van der Waals surface area contributed by atoms with Crippen molar-refractivity contribution in [2.75, 3.05) is 0 Å². The van der Waals surface area contributed by atoms with Crippen molar-refractivity contribution in [2.24, 2.45) is 0 Å². The highest BCUT2D eigenvalue weighted by molar-refractivity contribution is 7.99. The molecule has 0 aliphatic carbocycles. The molecule has 94 valence electrons. The Kier molecular flexibility index (Phi) is 3.99. The fraction of sp³-hybridized carbons (Fsp3) is 0.286. The van der Waals surface area contributed by atoms with E-state index < -0.39 is 6.10 Å². The normalized spacial score (nSPS) is 12.4. The number of aliphatic hydroxyl groups is 1. The van der Waals surface area contributed by atoms with Gasteiger partial charge in [-0.1, -0.05) is 6.07 Å². The van der Waals surface area contributed by atoms with Crippen molar-refractivity contribution in [2.45, 2.75) is 36.9 Å². The zero-order valence-corrected chi connectivity index (χ0v) is 11.5. The molecule has 2 heterocycles. The average Bonchev–Trinajstić information content (AvgIpc) is 2.27. The standard InChI is InChI=1S/C14H16N2OS/c1-9-7-10(2)16-13(8-9)18-14-12(11(3)17)5-4-6-15-14/h4-8,11,17H,1-3H3/t11-/m0/s1.